The van der Waals surface area contributed by atoms with Crippen LogP contribution in [0.2, 0.25) is 0 Å². The van der Waals surface area contributed by atoms with Crippen molar-refractivity contribution in [3.8, 4) is 0 Å². The van der Waals surface area contributed by atoms with Crippen molar-refractivity contribution in [3.63, 3.8) is 0 Å². The molecule has 0 fully saturated rings. The van der Waals surface area contributed by atoms with Gasteiger partial charge in [-0.3, -0.25) is 9.78 Å². The van der Waals surface area contributed by atoms with Gasteiger partial charge in [0.05, 0.1) is 16.0 Å². The molecule has 0 amide bonds. The van der Waals surface area contributed by atoms with Crippen molar-refractivity contribution in [1.82, 2.24) is 9.55 Å². The Labute approximate surface area is 182 Å². The molecule has 2 heterocycles. The van der Waals surface area contributed by atoms with Crippen molar-refractivity contribution in [2.45, 2.75) is 37.0 Å². The maximum Gasteiger partial charge on any atom is 0.199 e. The molecule has 6 heteroatoms. The molecular weight excluding hydrogens is 408 g/mol. The number of sulfone groups is 1. The van der Waals surface area contributed by atoms with Gasteiger partial charge in [-0.1, -0.05) is 61.9 Å². The number of hydrogen-bond donors (Lipinski definition) is 0. The molecule has 4 rings (SSSR count). The van der Waals surface area contributed by atoms with E-state index >= 15 is 0 Å². The number of carbonyl (C=O) groups excluding carboxylic acids is 1. The maximum atomic E-state index is 13.6. The van der Waals surface area contributed by atoms with Gasteiger partial charge < -0.3 is 4.57 Å². The first-order valence-corrected chi connectivity index (χ1v) is 11.8. The predicted molar refractivity (Wildman–Crippen MR) is 122 cm³/mol. The summed E-state index contributed by atoms with van der Waals surface area (Å²) in [5, 5.41) is -0.0537. The highest BCUT2D eigenvalue weighted by Gasteiger charge is 2.33. The van der Waals surface area contributed by atoms with Crippen molar-refractivity contribution in [3.05, 3.63) is 95.9 Å². The van der Waals surface area contributed by atoms with Crippen molar-refractivity contribution in [2.75, 3.05) is 0 Å². The largest absolute Gasteiger partial charge is 0.326 e. The molecule has 31 heavy (non-hydrogen) atoms. The van der Waals surface area contributed by atoms with Crippen LogP contribution in [-0.4, -0.2) is 23.8 Å². The van der Waals surface area contributed by atoms with E-state index in [9.17, 15) is 13.2 Å². The minimum absolute atomic E-state index is 0.107. The molecule has 0 spiro atoms. The standard InChI is InChI=1S/C25H24N2O3S/c1-3-9-23(31(29,30)20-14-16-26-17-15-20)27-18(2)24(21-12-7-8-13-22(21)27)25(28)19-10-5-4-6-11-19/h4-8,10-17,23H,3,9H2,1-2H3. The molecule has 158 valence electrons. The van der Waals surface area contributed by atoms with Crippen molar-refractivity contribution < 1.29 is 13.2 Å². The molecule has 0 aliphatic heterocycles. The summed E-state index contributed by atoms with van der Waals surface area (Å²) in [6.07, 6.45) is 4.09. The van der Waals surface area contributed by atoms with Crippen molar-refractivity contribution in [2.24, 2.45) is 0 Å². The van der Waals surface area contributed by atoms with Crippen LogP contribution < -0.4 is 0 Å². The monoisotopic (exact) mass is 432 g/mol. The summed E-state index contributed by atoms with van der Waals surface area (Å²) in [6, 6.07) is 19.7. The van der Waals surface area contributed by atoms with Gasteiger partial charge in [-0.05, 0) is 31.5 Å². The third-order valence-electron chi connectivity index (χ3n) is 5.58. The second-order valence-electron chi connectivity index (χ2n) is 7.51. The van der Waals surface area contributed by atoms with Gasteiger partial charge in [-0.15, -0.1) is 0 Å². The Morgan fingerprint density at radius 1 is 0.968 bits per heavy atom. The maximum absolute atomic E-state index is 13.6. The van der Waals surface area contributed by atoms with Crippen molar-refractivity contribution in [1.29, 1.82) is 0 Å². The van der Waals surface area contributed by atoms with E-state index in [2.05, 4.69) is 4.98 Å². The van der Waals surface area contributed by atoms with E-state index in [0.717, 1.165) is 10.9 Å². The van der Waals surface area contributed by atoms with Gasteiger partial charge in [0.1, 0.15) is 5.37 Å². The Kier molecular flexibility index (Phi) is 5.74. The lowest BCUT2D eigenvalue weighted by atomic mass is 10.0. The summed E-state index contributed by atoms with van der Waals surface area (Å²) in [5.74, 6) is -0.107. The molecule has 5 nitrogen and oxygen atoms in total. The van der Waals surface area contributed by atoms with Crippen LogP contribution in [0.4, 0.5) is 0 Å². The molecule has 0 radical (unpaired) electrons. The molecule has 1 atom stereocenters. The zero-order valence-electron chi connectivity index (χ0n) is 17.5. The Balaban J connectivity index is 1.97. The van der Waals surface area contributed by atoms with Crippen LogP contribution in [-0.2, 0) is 9.84 Å². The summed E-state index contributed by atoms with van der Waals surface area (Å²) in [5.41, 5.74) is 2.53. The summed E-state index contributed by atoms with van der Waals surface area (Å²) in [7, 11) is -3.70. The number of rotatable bonds is 7. The molecule has 0 aliphatic rings. The lowest BCUT2D eigenvalue weighted by Crippen LogP contribution is -2.21. The average molecular weight is 433 g/mol. The normalized spacial score (nSPS) is 12.7. The molecule has 0 saturated heterocycles. The number of pyridine rings is 1. The molecule has 0 saturated carbocycles. The van der Waals surface area contributed by atoms with E-state index in [-0.39, 0.29) is 10.7 Å². The predicted octanol–water partition coefficient (Wildman–Crippen LogP) is 5.35. The van der Waals surface area contributed by atoms with Gasteiger partial charge >= 0.3 is 0 Å². The molecule has 0 bridgehead atoms. The fourth-order valence-corrected chi connectivity index (χ4v) is 6.05. The quantitative estimate of drug-likeness (QED) is 0.369. The van der Waals surface area contributed by atoms with Gasteiger partial charge in [0, 0.05) is 29.0 Å². The van der Waals surface area contributed by atoms with E-state index in [1.165, 1.54) is 24.5 Å². The van der Waals surface area contributed by atoms with Crippen LogP contribution in [0.25, 0.3) is 10.9 Å². The number of ketones is 1. The summed E-state index contributed by atoms with van der Waals surface area (Å²) in [6.45, 7) is 3.80. The Morgan fingerprint density at radius 2 is 1.61 bits per heavy atom. The van der Waals surface area contributed by atoms with Crippen molar-refractivity contribution >= 4 is 26.5 Å². The highest BCUT2D eigenvalue weighted by Crippen LogP contribution is 2.36. The third-order valence-corrected chi connectivity index (χ3v) is 7.67. The minimum atomic E-state index is -3.70. The summed E-state index contributed by atoms with van der Waals surface area (Å²) < 4.78 is 29.1. The zero-order chi connectivity index (χ0) is 22.0. The van der Waals surface area contributed by atoms with Gasteiger partial charge in [0.15, 0.2) is 15.6 Å². The molecule has 0 aliphatic carbocycles. The third kappa shape index (κ3) is 3.68. The van der Waals surface area contributed by atoms with Crippen LogP contribution in [0.5, 0.6) is 0 Å². The minimum Gasteiger partial charge on any atom is -0.326 e. The smallest absolute Gasteiger partial charge is 0.199 e. The first-order valence-electron chi connectivity index (χ1n) is 10.3. The topological polar surface area (TPSA) is 69.0 Å². The number of benzene rings is 2. The lowest BCUT2D eigenvalue weighted by Gasteiger charge is -2.22. The first kappa shape index (κ1) is 21.0. The summed E-state index contributed by atoms with van der Waals surface area (Å²) >= 11 is 0. The lowest BCUT2D eigenvalue weighted by molar-refractivity contribution is 0.103. The number of aromatic nitrogens is 2. The van der Waals surface area contributed by atoms with E-state index in [1.807, 2.05) is 60.9 Å². The summed E-state index contributed by atoms with van der Waals surface area (Å²) in [4.78, 5) is 17.6. The van der Waals surface area contributed by atoms with E-state index < -0.39 is 15.2 Å². The van der Waals surface area contributed by atoms with Crippen LogP contribution in [0.3, 0.4) is 0 Å². The Hall–Kier alpha value is -3.25. The van der Waals surface area contributed by atoms with Gasteiger partial charge in [-0.25, -0.2) is 8.42 Å². The molecular formula is C25H24N2O3S. The Bertz CT molecular complexity index is 1330. The second-order valence-corrected chi connectivity index (χ2v) is 9.62. The number of nitrogens with zero attached hydrogens (tertiary/aromatic N) is 2. The fraction of sp³-hybridized carbons (Fsp3) is 0.200. The van der Waals surface area contributed by atoms with Crippen LogP contribution in [0, 0.1) is 6.92 Å². The highest BCUT2D eigenvalue weighted by molar-refractivity contribution is 7.91. The van der Waals surface area contributed by atoms with Crippen LogP contribution in [0.15, 0.2) is 84.0 Å². The van der Waals surface area contributed by atoms with Gasteiger partial charge in [0.25, 0.3) is 0 Å². The molecule has 2 aromatic carbocycles. The molecule has 4 aromatic rings. The fourth-order valence-electron chi connectivity index (χ4n) is 4.14. The Morgan fingerprint density at radius 3 is 2.29 bits per heavy atom. The second kappa shape index (κ2) is 8.47. The van der Waals surface area contributed by atoms with E-state index in [0.29, 0.717) is 29.7 Å². The van der Waals surface area contributed by atoms with Crippen LogP contribution in [0.1, 0.15) is 46.8 Å². The number of carbonyl (C=O) groups is 1. The molecule has 1 unspecified atom stereocenters. The number of para-hydroxylation sites is 1. The van der Waals surface area contributed by atoms with Gasteiger partial charge in [-0.2, -0.15) is 0 Å². The zero-order valence-corrected chi connectivity index (χ0v) is 18.3. The van der Waals surface area contributed by atoms with Gasteiger partial charge in [0.2, 0.25) is 0 Å². The van der Waals surface area contributed by atoms with E-state index in [1.54, 1.807) is 12.1 Å². The SMILES string of the molecule is CCCC(n1c(C)c(C(=O)c2ccccc2)c2ccccc21)S(=O)(=O)c1ccncc1. The number of fused-ring (bicyclic) bond motifs is 1. The van der Waals surface area contributed by atoms with E-state index in [4.69, 9.17) is 0 Å². The average Bonchev–Trinajstić information content (AvgIpc) is 3.09. The first-order chi connectivity index (χ1) is 15.0. The van der Waals surface area contributed by atoms with Crippen LogP contribution >= 0.6 is 0 Å². The molecule has 0 N–H and O–H groups in total. The highest BCUT2D eigenvalue weighted by atomic mass is 32.2. The number of hydrogen-bond acceptors (Lipinski definition) is 4. The molecule has 2 aromatic heterocycles.